The lowest BCUT2D eigenvalue weighted by Gasteiger charge is -1.96. The van der Waals surface area contributed by atoms with Gasteiger partial charge >= 0.3 is 5.97 Å². The van der Waals surface area contributed by atoms with Crippen molar-refractivity contribution in [3.63, 3.8) is 0 Å². The van der Waals surface area contributed by atoms with Gasteiger partial charge < -0.3 is 4.74 Å². The fourth-order valence-electron chi connectivity index (χ4n) is 0.828. The molecule has 0 aliphatic carbocycles. The summed E-state index contributed by atoms with van der Waals surface area (Å²) in [5.41, 5.74) is 0.602. The van der Waals surface area contributed by atoms with Gasteiger partial charge in [0.05, 0.1) is 13.5 Å². The van der Waals surface area contributed by atoms with E-state index in [1.165, 1.54) is 13.3 Å². The van der Waals surface area contributed by atoms with Gasteiger partial charge in [-0.25, -0.2) is 9.97 Å². The van der Waals surface area contributed by atoms with Crippen molar-refractivity contribution in [1.82, 2.24) is 9.97 Å². The van der Waals surface area contributed by atoms with Crippen LogP contribution in [0.15, 0.2) is 12.3 Å². The summed E-state index contributed by atoms with van der Waals surface area (Å²) in [4.78, 5) is 18.3. The molecule has 0 aliphatic rings. The van der Waals surface area contributed by atoms with E-state index < -0.39 is 0 Å². The summed E-state index contributed by atoms with van der Waals surface area (Å²) in [6.45, 7) is 0. The molecular weight excluding hydrogens is 239 g/mol. The summed E-state index contributed by atoms with van der Waals surface area (Å²) in [6.07, 6.45) is 4.90. The van der Waals surface area contributed by atoms with E-state index in [2.05, 4.69) is 14.7 Å². The normalized spacial score (nSPS) is 10.6. The third-order valence-corrected chi connectivity index (χ3v) is 2.03. The van der Waals surface area contributed by atoms with Crippen molar-refractivity contribution in [1.29, 1.82) is 0 Å². The van der Waals surface area contributed by atoms with Crippen LogP contribution in [-0.2, 0) is 9.53 Å². The van der Waals surface area contributed by atoms with Gasteiger partial charge in [0.15, 0.2) is 0 Å². The molecule has 6 heteroatoms. The van der Waals surface area contributed by atoms with Crippen LogP contribution in [0.1, 0.15) is 12.0 Å². The predicted molar refractivity (Wildman–Crippen MR) is 57.7 cm³/mol. The SMILES string of the molecule is COC(=O)CC=Cc1cnc(Cl)nc1Cl. The molecule has 0 atom stereocenters. The fraction of sp³-hybridized carbons (Fsp3) is 0.222. The van der Waals surface area contributed by atoms with Crippen molar-refractivity contribution >= 4 is 35.2 Å². The Morgan fingerprint density at radius 2 is 2.33 bits per heavy atom. The first kappa shape index (κ1) is 11.9. The van der Waals surface area contributed by atoms with Gasteiger partial charge in [0.1, 0.15) is 5.15 Å². The van der Waals surface area contributed by atoms with E-state index in [-0.39, 0.29) is 22.8 Å². The van der Waals surface area contributed by atoms with Gasteiger partial charge in [-0.2, -0.15) is 0 Å². The monoisotopic (exact) mass is 246 g/mol. The molecule has 0 bridgehead atoms. The molecule has 0 saturated heterocycles. The molecule has 0 spiro atoms. The number of ether oxygens (including phenoxy) is 1. The molecule has 0 aromatic carbocycles. The average molecular weight is 247 g/mol. The second-order valence-electron chi connectivity index (χ2n) is 2.57. The largest absolute Gasteiger partial charge is 0.469 e. The summed E-state index contributed by atoms with van der Waals surface area (Å²) < 4.78 is 4.46. The van der Waals surface area contributed by atoms with Crippen molar-refractivity contribution in [2.24, 2.45) is 0 Å². The number of aromatic nitrogens is 2. The fourth-order valence-corrected chi connectivity index (χ4v) is 1.20. The quantitative estimate of drug-likeness (QED) is 0.467. The summed E-state index contributed by atoms with van der Waals surface area (Å²) in [5.74, 6) is -0.322. The van der Waals surface area contributed by atoms with Crippen LogP contribution in [0.3, 0.4) is 0 Å². The summed E-state index contributed by atoms with van der Waals surface area (Å²) in [7, 11) is 1.33. The maximum absolute atomic E-state index is 10.8. The van der Waals surface area contributed by atoms with Crippen LogP contribution in [-0.4, -0.2) is 23.0 Å². The number of hydrogen-bond donors (Lipinski definition) is 0. The molecule has 0 saturated carbocycles. The predicted octanol–water partition coefficient (Wildman–Crippen LogP) is 2.36. The molecule has 1 heterocycles. The smallest absolute Gasteiger partial charge is 0.309 e. The van der Waals surface area contributed by atoms with Crippen LogP contribution in [0.2, 0.25) is 10.4 Å². The van der Waals surface area contributed by atoms with Crippen LogP contribution >= 0.6 is 23.2 Å². The first-order valence-corrected chi connectivity index (χ1v) is 4.80. The van der Waals surface area contributed by atoms with Crippen LogP contribution < -0.4 is 0 Å². The third kappa shape index (κ3) is 3.85. The zero-order valence-electron chi connectivity index (χ0n) is 7.91. The molecule has 1 aromatic rings. The highest BCUT2D eigenvalue weighted by atomic mass is 35.5. The van der Waals surface area contributed by atoms with Crippen molar-refractivity contribution in [2.45, 2.75) is 6.42 Å². The Morgan fingerprint density at radius 3 is 2.93 bits per heavy atom. The molecule has 0 amide bonds. The Kier molecular flexibility index (Phi) is 4.52. The van der Waals surface area contributed by atoms with Gasteiger partial charge in [-0.1, -0.05) is 23.8 Å². The standard InChI is InChI=1S/C9H8Cl2N2O2/c1-15-7(14)4-2-3-6-5-12-9(11)13-8(6)10/h2-3,5H,4H2,1H3. The molecule has 15 heavy (non-hydrogen) atoms. The lowest BCUT2D eigenvalue weighted by Crippen LogP contribution is -1.96. The van der Waals surface area contributed by atoms with Gasteiger partial charge in [-0.15, -0.1) is 0 Å². The van der Waals surface area contributed by atoms with Gasteiger partial charge in [0.2, 0.25) is 5.28 Å². The number of hydrogen-bond acceptors (Lipinski definition) is 4. The molecule has 1 rings (SSSR count). The molecule has 0 unspecified atom stereocenters. The number of carbonyl (C=O) groups is 1. The number of rotatable bonds is 3. The van der Waals surface area contributed by atoms with Crippen LogP contribution in [0.5, 0.6) is 0 Å². The molecule has 0 radical (unpaired) electrons. The Bertz CT molecular complexity index is 394. The third-order valence-electron chi connectivity index (χ3n) is 1.55. The first-order valence-electron chi connectivity index (χ1n) is 4.05. The highest BCUT2D eigenvalue weighted by Crippen LogP contribution is 2.15. The zero-order valence-corrected chi connectivity index (χ0v) is 9.42. The maximum atomic E-state index is 10.8. The van der Waals surface area contributed by atoms with E-state index in [0.29, 0.717) is 5.56 Å². The van der Waals surface area contributed by atoms with Crippen molar-refractivity contribution in [2.75, 3.05) is 7.11 Å². The topological polar surface area (TPSA) is 52.1 Å². The van der Waals surface area contributed by atoms with Gasteiger partial charge in [0, 0.05) is 11.8 Å². The molecule has 80 valence electrons. The number of carbonyl (C=O) groups excluding carboxylic acids is 1. The number of nitrogens with zero attached hydrogens (tertiary/aromatic N) is 2. The number of methoxy groups -OCH3 is 1. The lowest BCUT2D eigenvalue weighted by molar-refractivity contribution is -0.139. The van der Waals surface area contributed by atoms with Crippen LogP contribution in [0, 0.1) is 0 Å². The number of esters is 1. The molecule has 0 fully saturated rings. The lowest BCUT2D eigenvalue weighted by atomic mass is 10.3. The van der Waals surface area contributed by atoms with Crippen molar-refractivity contribution in [3.8, 4) is 0 Å². The molecule has 0 aliphatic heterocycles. The zero-order chi connectivity index (χ0) is 11.3. The van der Waals surface area contributed by atoms with E-state index in [4.69, 9.17) is 23.2 Å². The Balaban J connectivity index is 2.68. The summed E-state index contributed by atoms with van der Waals surface area (Å²) >= 11 is 11.3. The van der Waals surface area contributed by atoms with Crippen molar-refractivity contribution < 1.29 is 9.53 Å². The van der Waals surface area contributed by atoms with Gasteiger partial charge in [-0.3, -0.25) is 4.79 Å². The molecule has 1 aromatic heterocycles. The highest BCUT2D eigenvalue weighted by molar-refractivity contribution is 6.32. The second-order valence-corrected chi connectivity index (χ2v) is 3.26. The minimum absolute atomic E-state index is 0.0881. The first-order chi connectivity index (χ1) is 7.13. The second kappa shape index (κ2) is 5.68. The maximum Gasteiger partial charge on any atom is 0.309 e. The summed E-state index contributed by atoms with van der Waals surface area (Å²) in [6, 6.07) is 0. The summed E-state index contributed by atoms with van der Waals surface area (Å²) in [5, 5.41) is 0.334. The van der Waals surface area contributed by atoms with Gasteiger partial charge in [0.25, 0.3) is 0 Å². The Morgan fingerprint density at radius 1 is 1.60 bits per heavy atom. The van der Waals surface area contributed by atoms with Crippen LogP contribution in [0.4, 0.5) is 0 Å². The van der Waals surface area contributed by atoms with E-state index in [1.54, 1.807) is 12.2 Å². The minimum Gasteiger partial charge on any atom is -0.469 e. The van der Waals surface area contributed by atoms with E-state index in [9.17, 15) is 4.79 Å². The minimum atomic E-state index is -0.322. The Hall–Kier alpha value is -1.13. The molecule has 4 nitrogen and oxygen atoms in total. The molecule has 0 N–H and O–H groups in total. The Labute approximate surface area is 96.9 Å². The van der Waals surface area contributed by atoms with Crippen LogP contribution in [0.25, 0.3) is 6.08 Å². The molecular formula is C9H8Cl2N2O2. The van der Waals surface area contributed by atoms with Crippen molar-refractivity contribution in [3.05, 3.63) is 28.3 Å². The van der Waals surface area contributed by atoms with E-state index in [1.807, 2.05) is 0 Å². The average Bonchev–Trinajstić information content (AvgIpc) is 2.21. The number of halogens is 2. The van der Waals surface area contributed by atoms with E-state index in [0.717, 1.165) is 0 Å². The van der Waals surface area contributed by atoms with E-state index >= 15 is 0 Å². The van der Waals surface area contributed by atoms with Gasteiger partial charge in [-0.05, 0) is 11.6 Å². The highest BCUT2D eigenvalue weighted by Gasteiger charge is 2.00.